The summed E-state index contributed by atoms with van der Waals surface area (Å²) in [6, 6.07) is 0. The van der Waals surface area contributed by atoms with E-state index >= 15 is 0 Å². The quantitative estimate of drug-likeness (QED) is 0.393. The van der Waals surface area contributed by atoms with Crippen molar-refractivity contribution in [2.45, 2.75) is 6.10 Å². The molecular formula is C4H8CaNaO6+. The largest absolute Gasteiger partial charge is 2.00 e. The molecule has 0 aliphatic rings. The molecule has 62 valence electrons. The molecule has 0 rings (SSSR count). The number of aliphatic hydroxyl groups is 3. The molecule has 0 bridgehead atoms. The predicted octanol–water partition coefficient (Wildman–Crippen LogP) is -7.49. The molecule has 0 aliphatic heterocycles. The first kappa shape index (κ1) is 23.3. The maximum Gasteiger partial charge on any atom is 2.00 e. The topological polar surface area (TPSA) is 124 Å². The first-order valence-electron chi connectivity index (χ1n) is 2.32. The van der Waals surface area contributed by atoms with Crippen LogP contribution in [0.4, 0.5) is 4.79 Å². The van der Waals surface area contributed by atoms with E-state index < -0.39 is 12.3 Å². The first-order chi connectivity index (χ1) is 4.54. The minimum Gasteiger partial charge on any atom is -0.652 e. The summed E-state index contributed by atoms with van der Waals surface area (Å²) in [4.78, 5) is 8.33. The van der Waals surface area contributed by atoms with Crippen LogP contribution >= 0.6 is 0 Å². The summed E-state index contributed by atoms with van der Waals surface area (Å²) in [7, 11) is 0. The van der Waals surface area contributed by atoms with Gasteiger partial charge in [0.25, 0.3) is 0 Å². The summed E-state index contributed by atoms with van der Waals surface area (Å²) in [6.45, 7) is -0.729. The molecule has 0 unspecified atom stereocenters. The number of carboxylic acid groups (broad SMARTS) is 2. The van der Waals surface area contributed by atoms with Crippen LogP contribution in [0.25, 0.3) is 0 Å². The zero-order valence-corrected chi connectivity index (χ0v) is 11.0. The molecule has 12 heavy (non-hydrogen) atoms. The normalized spacial score (nSPS) is 7.00. The van der Waals surface area contributed by atoms with Crippen molar-refractivity contribution in [2.75, 3.05) is 13.2 Å². The van der Waals surface area contributed by atoms with Gasteiger partial charge >= 0.3 is 67.3 Å². The van der Waals surface area contributed by atoms with Gasteiger partial charge in [0.1, 0.15) is 6.10 Å². The third kappa shape index (κ3) is 42.2. The molecule has 0 aromatic heterocycles. The van der Waals surface area contributed by atoms with Crippen molar-refractivity contribution in [3.05, 3.63) is 0 Å². The van der Waals surface area contributed by atoms with Gasteiger partial charge in [0.05, 0.1) is 13.2 Å². The van der Waals surface area contributed by atoms with Crippen molar-refractivity contribution in [2.24, 2.45) is 0 Å². The Hall–Kier alpha value is 1.41. The fourth-order valence-corrected chi connectivity index (χ4v) is 0.0577. The molecule has 6 nitrogen and oxygen atoms in total. The number of rotatable bonds is 2. The summed E-state index contributed by atoms with van der Waals surface area (Å²) < 4.78 is 0. The van der Waals surface area contributed by atoms with E-state index in [-0.39, 0.29) is 80.5 Å². The van der Waals surface area contributed by atoms with Crippen molar-refractivity contribution in [3.63, 3.8) is 0 Å². The standard InChI is InChI=1S/C3H8O3.CH2O3.Ca.Na/c4-1-3(6)2-5;2-1(3)4;;/h3-6H,1-2H2;(H2,2,3,4);;/q;;+2;+1/p-2. The Kier molecular flexibility index (Phi) is 35.5. The third-order valence-corrected chi connectivity index (χ3v) is 0.421. The summed E-state index contributed by atoms with van der Waals surface area (Å²) in [5, 5.41) is 40.7. The van der Waals surface area contributed by atoms with Crippen LogP contribution in [-0.2, 0) is 0 Å². The molecule has 0 saturated carbocycles. The van der Waals surface area contributed by atoms with Gasteiger partial charge in [-0.3, -0.25) is 0 Å². The number of hydrogen-bond donors (Lipinski definition) is 3. The Labute approximate surface area is 122 Å². The number of carbonyl (C=O) groups is 1. The summed E-state index contributed by atoms with van der Waals surface area (Å²) in [6.07, 6.45) is -3.29. The SMILES string of the molecule is O=C([O-])[O-].OCC(O)CO.[Ca+2].[Na+]. The molecule has 0 heterocycles. The average Bonchev–Trinajstić information content (AvgIpc) is 1.85. The molecular weight excluding hydrogens is 207 g/mol. The van der Waals surface area contributed by atoms with E-state index in [1.807, 2.05) is 0 Å². The fraction of sp³-hybridized carbons (Fsp3) is 0.750. The predicted molar refractivity (Wildman–Crippen MR) is 31.3 cm³/mol. The van der Waals surface area contributed by atoms with Crippen molar-refractivity contribution in [1.29, 1.82) is 0 Å². The molecule has 0 radical (unpaired) electrons. The van der Waals surface area contributed by atoms with Gasteiger partial charge in [-0.15, -0.1) is 0 Å². The van der Waals surface area contributed by atoms with Crippen LogP contribution in [0.1, 0.15) is 0 Å². The zero-order valence-electron chi connectivity index (χ0n) is 6.77. The smallest absolute Gasteiger partial charge is 0.652 e. The molecule has 0 aliphatic carbocycles. The van der Waals surface area contributed by atoms with Crippen LogP contribution in [0.3, 0.4) is 0 Å². The Balaban J connectivity index is -0.0000000483. The van der Waals surface area contributed by atoms with Crippen LogP contribution in [0.15, 0.2) is 0 Å². The van der Waals surface area contributed by atoms with E-state index in [2.05, 4.69) is 0 Å². The summed E-state index contributed by atoms with van der Waals surface area (Å²) in [5.74, 6) is 0. The van der Waals surface area contributed by atoms with Crippen LogP contribution in [-0.4, -0.2) is 78.5 Å². The molecule has 3 N–H and O–H groups in total. The molecule has 0 atom stereocenters. The average molecular weight is 215 g/mol. The van der Waals surface area contributed by atoms with Crippen LogP contribution < -0.4 is 39.8 Å². The molecule has 0 aromatic rings. The van der Waals surface area contributed by atoms with E-state index in [1.165, 1.54) is 0 Å². The fourth-order valence-electron chi connectivity index (χ4n) is 0.0577. The second kappa shape index (κ2) is 18.2. The van der Waals surface area contributed by atoms with Gasteiger partial charge in [-0.05, 0) is 6.16 Å². The third-order valence-electron chi connectivity index (χ3n) is 0.421. The molecule has 0 spiro atoms. The Morgan fingerprint density at radius 3 is 1.42 bits per heavy atom. The first-order valence-corrected chi connectivity index (χ1v) is 2.32. The van der Waals surface area contributed by atoms with Gasteiger partial charge < -0.3 is 30.3 Å². The molecule has 0 aromatic carbocycles. The van der Waals surface area contributed by atoms with Gasteiger partial charge in [0, 0.05) is 0 Å². The van der Waals surface area contributed by atoms with Crippen LogP contribution in [0.2, 0.25) is 0 Å². The molecule has 0 fully saturated rings. The van der Waals surface area contributed by atoms with Crippen LogP contribution in [0, 0.1) is 0 Å². The van der Waals surface area contributed by atoms with E-state index in [0.717, 1.165) is 0 Å². The van der Waals surface area contributed by atoms with Gasteiger partial charge in [0.2, 0.25) is 0 Å². The summed E-state index contributed by atoms with van der Waals surface area (Å²) in [5.41, 5.74) is 0. The van der Waals surface area contributed by atoms with Gasteiger partial charge in [-0.25, -0.2) is 0 Å². The van der Waals surface area contributed by atoms with E-state index in [1.54, 1.807) is 0 Å². The van der Waals surface area contributed by atoms with Crippen molar-refractivity contribution >= 4 is 43.9 Å². The molecule has 8 heteroatoms. The van der Waals surface area contributed by atoms with E-state index in [9.17, 15) is 0 Å². The number of aliphatic hydroxyl groups excluding tert-OH is 3. The van der Waals surface area contributed by atoms with Gasteiger partial charge in [-0.1, -0.05) is 0 Å². The van der Waals surface area contributed by atoms with Crippen molar-refractivity contribution in [3.8, 4) is 0 Å². The van der Waals surface area contributed by atoms with Crippen molar-refractivity contribution < 1.29 is 59.9 Å². The van der Waals surface area contributed by atoms with E-state index in [0.29, 0.717) is 0 Å². The Morgan fingerprint density at radius 2 is 1.42 bits per heavy atom. The number of carbonyl (C=O) groups excluding carboxylic acids is 1. The minimum atomic E-state index is -2.33. The minimum absolute atomic E-state index is 0. The monoisotopic (exact) mass is 215 g/mol. The molecule has 0 saturated heterocycles. The van der Waals surface area contributed by atoms with Crippen LogP contribution in [0.5, 0.6) is 0 Å². The van der Waals surface area contributed by atoms with Gasteiger partial charge in [-0.2, -0.15) is 0 Å². The maximum absolute atomic E-state index is 8.33. The second-order valence-electron chi connectivity index (χ2n) is 1.27. The zero-order chi connectivity index (χ0) is 8.57. The Morgan fingerprint density at radius 1 is 1.25 bits per heavy atom. The number of hydrogen-bond acceptors (Lipinski definition) is 6. The second-order valence-corrected chi connectivity index (χ2v) is 1.27. The van der Waals surface area contributed by atoms with Crippen molar-refractivity contribution in [1.82, 2.24) is 0 Å². The van der Waals surface area contributed by atoms with Gasteiger partial charge in [0.15, 0.2) is 0 Å². The van der Waals surface area contributed by atoms with E-state index in [4.69, 9.17) is 30.3 Å². The molecule has 0 amide bonds. The summed E-state index contributed by atoms with van der Waals surface area (Å²) >= 11 is 0. The maximum atomic E-state index is 8.33. The Bertz CT molecular complexity index is 83.6.